The van der Waals surface area contributed by atoms with Gasteiger partial charge in [-0.25, -0.2) is 0 Å². The zero-order valence-corrected chi connectivity index (χ0v) is 11.3. The summed E-state index contributed by atoms with van der Waals surface area (Å²) in [6.45, 7) is 8.37. The molecule has 0 atom stereocenters. The fraction of sp³-hybridized carbons (Fsp3) is 0.750. The van der Waals surface area contributed by atoms with Crippen molar-refractivity contribution in [3.05, 3.63) is 17.5 Å². The second-order valence-corrected chi connectivity index (χ2v) is 5.22. The lowest BCUT2D eigenvalue weighted by atomic mass is 10.0. The summed E-state index contributed by atoms with van der Waals surface area (Å²) in [6, 6.07) is 0. The van der Waals surface area contributed by atoms with E-state index in [1.54, 1.807) is 0 Å². The van der Waals surface area contributed by atoms with Crippen LogP contribution in [0, 0.1) is 6.92 Å². The summed E-state index contributed by atoms with van der Waals surface area (Å²) in [6.07, 6.45) is 2.07. The molecule has 1 N–H and O–H groups in total. The van der Waals surface area contributed by atoms with Crippen LogP contribution < -0.4 is 5.32 Å². The topological polar surface area (TPSA) is 33.1 Å². The Morgan fingerprint density at radius 1 is 1.44 bits per heavy atom. The minimum atomic E-state index is 0.177. The second-order valence-electron chi connectivity index (χ2n) is 5.22. The molecule has 1 heterocycles. The summed E-state index contributed by atoms with van der Waals surface area (Å²) in [5.74, 6) is 0. The van der Waals surface area contributed by atoms with E-state index >= 15 is 0 Å². The zero-order chi connectivity index (χ0) is 12.3. The van der Waals surface area contributed by atoms with Crippen LogP contribution in [-0.2, 0) is 13.6 Å². The third-order valence-corrected chi connectivity index (χ3v) is 3.20. The Kier molecular flexibility index (Phi) is 4.10. The minimum Gasteiger partial charge on any atom is -0.311 e. The number of rotatable bonds is 5. The summed E-state index contributed by atoms with van der Waals surface area (Å²) < 4.78 is 1.86. The monoisotopic (exact) mass is 224 g/mol. The molecule has 0 aliphatic rings. The van der Waals surface area contributed by atoms with E-state index in [4.69, 9.17) is 0 Å². The maximum Gasteiger partial charge on any atom is 0.0638 e. The van der Waals surface area contributed by atoms with Gasteiger partial charge in [0.25, 0.3) is 0 Å². The molecule has 4 heteroatoms. The van der Waals surface area contributed by atoms with Gasteiger partial charge >= 0.3 is 0 Å². The predicted molar refractivity (Wildman–Crippen MR) is 67.4 cm³/mol. The van der Waals surface area contributed by atoms with Gasteiger partial charge in [-0.1, -0.05) is 0 Å². The molecular weight excluding hydrogens is 200 g/mol. The highest BCUT2D eigenvalue weighted by Gasteiger charge is 2.19. The Balaban J connectivity index is 2.44. The Morgan fingerprint density at radius 2 is 2.06 bits per heavy atom. The minimum absolute atomic E-state index is 0.177. The lowest BCUT2D eigenvalue weighted by molar-refractivity contribution is 0.189. The second kappa shape index (κ2) is 4.97. The molecular formula is C12H24N4. The van der Waals surface area contributed by atoms with Gasteiger partial charge in [0.2, 0.25) is 0 Å². The molecule has 0 aliphatic heterocycles. The average molecular weight is 224 g/mol. The van der Waals surface area contributed by atoms with Gasteiger partial charge in [0, 0.05) is 37.4 Å². The van der Waals surface area contributed by atoms with Gasteiger partial charge in [0.15, 0.2) is 0 Å². The highest BCUT2D eigenvalue weighted by Crippen LogP contribution is 2.09. The summed E-state index contributed by atoms with van der Waals surface area (Å²) in [5, 5.41) is 7.81. The van der Waals surface area contributed by atoms with E-state index in [0.29, 0.717) is 0 Å². The van der Waals surface area contributed by atoms with Crippen LogP contribution in [0.2, 0.25) is 0 Å². The highest BCUT2D eigenvalue weighted by molar-refractivity contribution is 5.14. The average Bonchev–Trinajstić information content (AvgIpc) is 2.44. The molecule has 0 saturated heterocycles. The summed E-state index contributed by atoms with van der Waals surface area (Å²) >= 11 is 0. The number of likely N-dealkylation sites (N-methyl/N-ethyl adjacent to an activating group) is 1. The van der Waals surface area contributed by atoms with Crippen LogP contribution in [0.25, 0.3) is 0 Å². The van der Waals surface area contributed by atoms with Crippen molar-refractivity contribution in [2.24, 2.45) is 7.05 Å². The van der Waals surface area contributed by atoms with Crippen LogP contribution >= 0.6 is 0 Å². The van der Waals surface area contributed by atoms with Gasteiger partial charge < -0.3 is 10.2 Å². The molecule has 4 nitrogen and oxygen atoms in total. The molecule has 0 radical (unpaired) electrons. The molecule has 0 bridgehead atoms. The number of hydrogen-bond acceptors (Lipinski definition) is 3. The van der Waals surface area contributed by atoms with Gasteiger partial charge in [-0.3, -0.25) is 4.68 Å². The van der Waals surface area contributed by atoms with Crippen molar-refractivity contribution in [3.8, 4) is 0 Å². The third-order valence-electron chi connectivity index (χ3n) is 3.20. The standard InChI is InChI=1S/C12H24N4/c1-10-11(8-16(6)14-10)7-13-9-12(2,3)15(4)5/h8,13H,7,9H2,1-6H3. The Bertz CT molecular complexity index is 339. The Labute approximate surface area is 98.6 Å². The lowest BCUT2D eigenvalue weighted by Gasteiger charge is -2.32. The molecule has 0 fully saturated rings. The van der Waals surface area contributed by atoms with E-state index in [1.807, 2.05) is 18.7 Å². The first-order valence-corrected chi connectivity index (χ1v) is 5.70. The first kappa shape index (κ1) is 13.2. The first-order chi connectivity index (χ1) is 7.33. The van der Waals surface area contributed by atoms with Crippen molar-refractivity contribution in [1.29, 1.82) is 0 Å². The fourth-order valence-electron chi connectivity index (χ4n) is 1.48. The SMILES string of the molecule is Cc1nn(C)cc1CNCC(C)(C)N(C)C. The van der Waals surface area contributed by atoms with E-state index in [9.17, 15) is 0 Å². The molecule has 0 saturated carbocycles. The van der Waals surface area contributed by atoms with Crippen molar-refractivity contribution >= 4 is 0 Å². The number of nitrogens with one attached hydrogen (secondary N) is 1. The van der Waals surface area contributed by atoms with Crippen LogP contribution in [0.4, 0.5) is 0 Å². The van der Waals surface area contributed by atoms with Gasteiger partial charge in [0.1, 0.15) is 0 Å². The summed E-state index contributed by atoms with van der Waals surface area (Å²) in [7, 11) is 6.17. The highest BCUT2D eigenvalue weighted by atomic mass is 15.3. The number of aryl methyl sites for hydroxylation is 2. The maximum absolute atomic E-state index is 4.33. The molecule has 0 aromatic carbocycles. The smallest absolute Gasteiger partial charge is 0.0638 e. The van der Waals surface area contributed by atoms with Gasteiger partial charge in [-0.05, 0) is 34.9 Å². The predicted octanol–water partition coefficient (Wildman–Crippen LogP) is 1.16. The van der Waals surface area contributed by atoms with Gasteiger partial charge in [-0.15, -0.1) is 0 Å². The van der Waals surface area contributed by atoms with Crippen LogP contribution in [0.5, 0.6) is 0 Å². The first-order valence-electron chi connectivity index (χ1n) is 5.70. The fourth-order valence-corrected chi connectivity index (χ4v) is 1.48. The van der Waals surface area contributed by atoms with Crippen molar-refractivity contribution in [3.63, 3.8) is 0 Å². The number of hydrogen-bond donors (Lipinski definition) is 1. The molecule has 0 aliphatic carbocycles. The normalized spacial score (nSPS) is 12.4. The van der Waals surface area contributed by atoms with E-state index in [0.717, 1.165) is 18.8 Å². The van der Waals surface area contributed by atoms with Crippen LogP contribution in [-0.4, -0.2) is 40.9 Å². The molecule has 1 rings (SSSR count). The van der Waals surface area contributed by atoms with E-state index in [-0.39, 0.29) is 5.54 Å². The van der Waals surface area contributed by atoms with E-state index in [2.05, 4.69) is 49.5 Å². The maximum atomic E-state index is 4.33. The molecule has 92 valence electrons. The van der Waals surface area contributed by atoms with Crippen molar-refractivity contribution in [2.75, 3.05) is 20.6 Å². The quantitative estimate of drug-likeness (QED) is 0.814. The Morgan fingerprint density at radius 3 is 2.50 bits per heavy atom. The van der Waals surface area contributed by atoms with Crippen molar-refractivity contribution < 1.29 is 0 Å². The molecule has 16 heavy (non-hydrogen) atoms. The molecule has 1 aromatic heterocycles. The Hall–Kier alpha value is -0.870. The van der Waals surface area contributed by atoms with Crippen LogP contribution in [0.15, 0.2) is 6.20 Å². The molecule has 0 spiro atoms. The van der Waals surface area contributed by atoms with Crippen molar-refractivity contribution in [1.82, 2.24) is 20.0 Å². The molecule has 0 amide bonds. The van der Waals surface area contributed by atoms with Crippen LogP contribution in [0.3, 0.4) is 0 Å². The number of nitrogens with zero attached hydrogens (tertiary/aromatic N) is 3. The van der Waals surface area contributed by atoms with E-state index < -0.39 is 0 Å². The van der Waals surface area contributed by atoms with Gasteiger partial charge in [0.05, 0.1) is 5.69 Å². The third kappa shape index (κ3) is 3.32. The summed E-state index contributed by atoms with van der Waals surface area (Å²) in [4.78, 5) is 2.23. The van der Waals surface area contributed by atoms with E-state index in [1.165, 1.54) is 5.56 Å². The molecule has 1 aromatic rings. The summed E-state index contributed by atoms with van der Waals surface area (Å²) in [5.41, 5.74) is 2.56. The molecule has 0 unspecified atom stereocenters. The number of aromatic nitrogens is 2. The zero-order valence-electron chi connectivity index (χ0n) is 11.3. The van der Waals surface area contributed by atoms with Gasteiger partial charge in [-0.2, -0.15) is 5.10 Å². The van der Waals surface area contributed by atoms with Crippen molar-refractivity contribution in [2.45, 2.75) is 32.9 Å². The lowest BCUT2D eigenvalue weighted by Crippen LogP contribution is -2.46. The largest absolute Gasteiger partial charge is 0.311 e. The van der Waals surface area contributed by atoms with Crippen LogP contribution in [0.1, 0.15) is 25.1 Å².